The van der Waals surface area contributed by atoms with E-state index < -0.39 is 13.9 Å². The third-order valence-electron chi connectivity index (χ3n) is 10.9. The van der Waals surface area contributed by atoms with Crippen LogP contribution in [0.25, 0.3) is 18.2 Å². The van der Waals surface area contributed by atoms with Crippen LogP contribution in [0.4, 0.5) is 5.69 Å². The van der Waals surface area contributed by atoms with E-state index in [0.717, 1.165) is 51.7 Å². The summed E-state index contributed by atoms with van der Waals surface area (Å²) in [4.78, 5) is 4.20. The van der Waals surface area contributed by atoms with Crippen molar-refractivity contribution in [2.24, 2.45) is 0 Å². The lowest BCUT2D eigenvalue weighted by atomic mass is 9.86. The number of allylic oxidation sites excluding steroid dienone is 2. The van der Waals surface area contributed by atoms with Crippen molar-refractivity contribution in [1.82, 2.24) is 0 Å². The lowest BCUT2D eigenvalue weighted by molar-refractivity contribution is 0.0755. The number of thiophene rings is 1. The first-order valence-corrected chi connectivity index (χ1v) is 23.0. The fraction of sp³-hybridized carbons (Fsp3) is 0.235. The molecule has 0 bridgehead atoms. The Morgan fingerprint density at radius 3 is 1.92 bits per heavy atom. The van der Waals surface area contributed by atoms with Gasteiger partial charge in [0.25, 0.3) is 0 Å². The Labute approximate surface area is 359 Å². The van der Waals surface area contributed by atoms with E-state index in [1.165, 1.54) is 10.4 Å². The van der Waals surface area contributed by atoms with E-state index in [1.807, 2.05) is 79.7 Å². The van der Waals surface area contributed by atoms with Gasteiger partial charge in [-0.2, -0.15) is 15.8 Å². The monoisotopic (exact) mass is 826 g/mol. The topological polar surface area (TPSA) is 113 Å². The lowest BCUT2D eigenvalue weighted by Crippen LogP contribution is -2.68. The molecule has 0 saturated carbocycles. The van der Waals surface area contributed by atoms with Crippen molar-refractivity contribution < 1.29 is 14.3 Å². The van der Waals surface area contributed by atoms with Crippen LogP contribution in [0.5, 0.6) is 5.75 Å². The highest BCUT2D eigenvalue weighted by atomic mass is 32.1. The normalized spacial score (nSPS) is 15.4. The zero-order valence-corrected chi connectivity index (χ0v) is 36.7. The Kier molecular flexibility index (Phi) is 13.7. The summed E-state index contributed by atoms with van der Waals surface area (Å²) in [6.07, 6.45) is 10.1. The van der Waals surface area contributed by atoms with Gasteiger partial charge in [0.05, 0.1) is 6.61 Å². The maximum absolute atomic E-state index is 10.3. The molecular formula is C51H50N4O3SSi. The van der Waals surface area contributed by atoms with Crippen LogP contribution in [0.2, 0.25) is 5.04 Å². The molecule has 1 aromatic heterocycles. The van der Waals surface area contributed by atoms with Crippen LogP contribution in [0, 0.1) is 34.0 Å². The van der Waals surface area contributed by atoms with Gasteiger partial charge < -0.3 is 19.2 Å². The van der Waals surface area contributed by atoms with Crippen molar-refractivity contribution in [3.63, 3.8) is 0 Å². The second-order valence-electron chi connectivity index (χ2n) is 15.8. The quantitative estimate of drug-likeness (QED) is 0.0826. The molecule has 2 heterocycles. The predicted octanol–water partition coefficient (Wildman–Crippen LogP) is 10.5. The summed E-state index contributed by atoms with van der Waals surface area (Å²) >= 11 is 1.59. The number of anilines is 1. The first-order chi connectivity index (χ1) is 29.0. The maximum Gasteiger partial charge on any atom is 0.319 e. The van der Waals surface area contributed by atoms with Crippen molar-refractivity contribution in [2.45, 2.75) is 58.1 Å². The molecule has 1 aliphatic heterocycles. The minimum absolute atomic E-state index is 0.00439. The van der Waals surface area contributed by atoms with E-state index in [1.54, 1.807) is 11.3 Å². The summed E-state index contributed by atoms with van der Waals surface area (Å²) in [5.41, 5.74) is 2.14. The average molecular weight is 827 g/mol. The molecule has 9 heteroatoms. The molecule has 0 amide bonds. The molecule has 1 atom stereocenters. The van der Waals surface area contributed by atoms with Crippen LogP contribution in [0.15, 0.2) is 150 Å². The van der Waals surface area contributed by atoms with Crippen LogP contribution in [-0.2, 0) is 10.3 Å². The van der Waals surface area contributed by atoms with Gasteiger partial charge in [-0.05, 0) is 76.8 Å². The van der Waals surface area contributed by atoms with Gasteiger partial charge in [0.15, 0.2) is 16.9 Å². The number of nitrogens with zero attached hydrogens (tertiary/aromatic N) is 4. The van der Waals surface area contributed by atoms with Crippen molar-refractivity contribution >= 4 is 53.9 Å². The van der Waals surface area contributed by atoms with Crippen molar-refractivity contribution in [1.29, 1.82) is 15.8 Å². The highest BCUT2D eigenvalue weighted by Gasteiger charge is 2.52. The van der Waals surface area contributed by atoms with Crippen molar-refractivity contribution in [2.75, 3.05) is 24.6 Å². The molecule has 5 aromatic rings. The average Bonchev–Trinajstić information content (AvgIpc) is 3.85. The highest BCUT2D eigenvalue weighted by Crippen LogP contribution is 2.47. The Balaban J connectivity index is 1.42. The third-order valence-corrected chi connectivity index (χ3v) is 16.8. The van der Waals surface area contributed by atoms with E-state index >= 15 is 0 Å². The molecule has 0 saturated heterocycles. The lowest BCUT2D eigenvalue weighted by Gasteiger charge is -2.43. The van der Waals surface area contributed by atoms with Crippen LogP contribution < -0.4 is 19.7 Å². The van der Waals surface area contributed by atoms with E-state index in [0.29, 0.717) is 12.1 Å². The Hall–Kier alpha value is -6.41. The molecular weight excluding hydrogens is 777 g/mol. The Morgan fingerprint density at radius 2 is 1.38 bits per heavy atom. The standard InChI is InChI=1S/C51H50N4O3SSi/c1-6-7-31-55(32-33-56)41-25-23-38(48(34-41)58-60(50(2,3)4,44-19-13-9-14-20-44)45-21-15-10-16-22-45)24-26-42-27-28-43(59-42)29-30-47-46(37-54)49(39(35-52)36-53)57-51(47,5)40-17-11-8-12-18-40/h8-30,34,56H,6-7,31-33H2,1-5H3/b26-24+,30-29+. The highest BCUT2D eigenvalue weighted by molar-refractivity contribution is 7.13. The first kappa shape index (κ1) is 43.2. The SMILES string of the molecule is CCCCN(CCO)c1ccc(/C=C/c2ccc(/C=C/C3=C(C#N)C(=C(C#N)C#N)OC3(C)c3ccccc3)s2)c(O[Si](c2ccccc2)(c2ccccc2)C(C)(C)C)c1. The molecule has 0 aliphatic carbocycles. The molecule has 6 rings (SSSR count). The first-order valence-electron chi connectivity index (χ1n) is 20.2. The number of aliphatic hydroxyl groups excluding tert-OH is 1. The summed E-state index contributed by atoms with van der Waals surface area (Å²) in [5, 5.41) is 41.8. The number of unbranched alkanes of at least 4 members (excludes halogenated alkanes) is 1. The Bertz CT molecular complexity index is 2480. The summed E-state index contributed by atoms with van der Waals surface area (Å²) in [7, 11) is -3.00. The van der Waals surface area contributed by atoms with Gasteiger partial charge in [-0.15, -0.1) is 11.3 Å². The van der Waals surface area contributed by atoms with E-state index in [4.69, 9.17) is 9.16 Å². The predicted molar refractivity (Wildman–Crippen MR) is 247 cm³/mol. The zero-order valence-electron chi connectivity index (χ0n) is 34.9. The maximum atomic E-state index is 10.3. The number of aliphatic hydroxyl groups is 1. The molecule has 1 N–H and O–H groups in total. The van der Waals surface area contributed by atoms with E-state index in [9.17, 15) is 20.9 Å². The van der Waals surface area contributed by atoms with Gasteiger partial charge in [-0.25, -0.2) is 0 Å². The van der Waals surface area contributed by atoms with Gasteiger partial charge in [0.2, 0.25) is 0 Å². The molecule has 1 aliphatic rings. The molecule has 0 spiro atoms. The van der Waals surface area contributed by atoms with Crippen molar-refractivity contribution in [3.8, 4) is 24.0 Å². The molecule has 4 aromatic carbocycles. The van der Waals surface area contributed by atoms with Crippen LogP contribution in [-0.4, -0.2) is 33.1 Å². The number of benzene rings is 4. The fourth-order valence-corrected chi connectivity index (χ4v) is 13.0. The fourth-order valence-electron chi connectivity index (χ4n) is 7.78. The summed E-state index contributed by atoms with van der Waals surface area (Å²) in [6, 6.07) is 47.2. The minimum Gasteiger partial charge on any atom is -0.534 e. The second-order valence-corrected chi connectivity index (χ2v) is 21.2. The van der Waals surface area contributed by atoms with Gasteiger partial charge in [0, 0.05) is 45.7 Å². The molecule has 1 unspecified atom stereocenters. The minimum atomic E-state index is -3.00. The second kappa shape index (κ2) is 19.1. The largest absolute Gasteiger partial charge is 0.534 e. The van der Waals surface area contributed by atoms with Crippen LogP contribution in [0.3, 0.4) is 0 Å². The van der Waals surface area contributed by atoms with Crippen LogP contribution in [0.1, 0.15) is 68.3 Å². The van der Waals surface area contributed by atoms with Crippen molar-refractivity contribution in [3.05, 3.63) is 171 Å². The Morgan fingerprint density at radius 1 is 0.800 bits per heavy atom. The number of hydrogen-bond acceptors (Lipinski definition) is 8. The number of ether oxygens (including phenoxy) is 1. The smallest absolute Gasteiger partial charge is 0.319 e. The summed E-state index contributed by atoms with van der Waals surface area (Å²) < 4.78 is 14.0. The van der Waals surface area contributed by atoms with Gasteiger partial charge in [-0.3, -0.25) is 0 Å². The molecule has 302 valence electrons. The van der Waals surface area contributed by atoms with E-state index in [2.05, 4.69) is 124 Å². The van der Waals surface area contributed by atoms with Crippen LogP contribution >= 0.6 is 11.3 Å². The third kappa shape index (κ3) is 8.93. The number of rotatable bonds is 15. The van der Waals surface area contributed by atoms with Gasteiger partial charge in [-0.1, -0.05) is 131 Å². The zero-order chi connectivity index (χ0) is 42.8. The summed E-state index contributed by atoms with van der Waals surface area (Å²) in [6.45, 7) is 12.3. The molecule has 0 fully saturated rings. The summed E-state index contributed by atoms with van der Waals surface area (Å²) in [5.74, 6) is 0.778. The molecule has 0 radical (unpaired) electrons. The van der Waals surface area contributed by atoms with Gasteiger partial charge >= 0.3 is 8.32 Å². The molecule has 7 nitrogen and oxygen atoms in total. The number of nitriles is 3. The van der Waals surface area contributed by atoms with E-state index in [-0.39, 0.29) is 28.6 Å². The van der Waals surface area contributed by atoms with Gasteiger partial charge in [0.1, 0.15) is 29.5 Å². The number of hydrogen-bond donors (Lipinski definition) is 1. The molecule has 60 heavy (non-hydrogen) atoms.